The number of anilines is 1. The molecule has 108 valence electrons. The van der Waals surface area contributed by atoms with Crippen LogP contribution in [0.3, 0.4) is 0 Å². The quantitative estimate of drug-likeness (QED) is 0.810. The number of hydrogen-bond donors (Lipinski definition) is 2. The van der Waals surface area contributed by atoms with Crippen molar-refractivity contribution < 1.29 is 8.42 Å². The highest BCUT2D eigenvalue weighted by Crippen LogP contribution is 2.33. The van der Waals surface area contributed by atoms with E-state index in [0.29, 0.717) is 6.54 Å². The van der Waals surface area contributed by atoms with Gasteiger partial charge in [0, 0.05) is 12.1 Å². The summed E-state index contributed by atoms with van der Waals surface area (Å²) in [5.74, 6) is 0. The summed E-state index contributed by atoms with van der Waals surface area (Å²) in [5, 5.41) is 7.27. The van der Waals surface area contributed by atoms with Crippen molar-refractivity contribution in [3.8, 4) is 0 Å². The van der Waals surface area contributed by atoms with Gasteiger partial charge in [0.25, 0.3) is 10.0 Å². The Kier molecular flexibility index (Phi) is 4.09. The average Bonchev–Trinajstić information content (AvgIpc) is 2.96. The molecule has 0 spiro atoms. The number of hydrogen-bond acceptors (Lipinski definition) is 7. The lowest BCUT2D eigenvalue weighted by molar-refractivity contribution is 0.162. The van der Waals surface area contributed by atoms with Crippen LogP contribution in [0.25, 0.3) is 0 Å². The molecule has 0 radical (unpaired) electrons. The maximum Gasteiger partial charge on any atom is 0.269 e. The van der Waals surface area contributed by atoms with Gasteiger partial charge in [-0.15, -0.1) is 10.2 Å². The molecular weight excluding hydrogens is 286 g/mol. The number of nitrogen functional groups attached to an aromatic ring is 1. The molecule has 1 aromatic rings. The lowest BCUT2D eigenvalue weighted by Crippen LogP contribution is -2.50. The normalized spacial score (nSPS) is 19.1. The minimum atomic E-state index is -3.61. The maximum atomic E-state index is 12.1. The highest BCUT2D eigenvalue weighted by Gasteiger charge is 2.37. The third-order valence-electron chi connectivity index (χ3n) is 3.73. The summed E-state index contributed by atoms with van der Waals surface area (Å²) in [4.78, 5) is 2.11. The topological polar surface area (TPSA) is 101 Å². The molecule has 9 heteroatoms. The highest BCUT2D eigenvalue weighted by atomic mass is 32.2. The first kappa shape index (κ1) is 14.6. The molecule has 1 aliphatic carbocycles. The van der Waals surface area contributed by atoms with Crippen molar-refractivity contribution in [2.45, 2.75) is 35.6 Å². The Morgan fingerprint density at radius 1 is 1.37 bits per heavy atom. The van der Waals surface area contributed by atoms with Crippen LogP contribution in [-0.4, -0.2) is 49.7 Å². The van der Waals surface area contributed by atoms with Gasteiger partial charge in [0.05, 0.1) is 0 Å². The fourth-order valence-corrected chi connectivity index (χ4v) is 4.38. The summed E-state index contributed by atoms with van der Waals surface area (Å²) in [6.45, 7) is 0.391. The molecule has 2 rings (SSSR count). The third-order valence-corrected chi connectivity index (χ3v) is 6.25. The summed E-state index contributed by atoms with van der Waals surface area (Å²) in [5.41, 5.74) is 5.32. The molecule has 3 N–H and O–H groups in total. The SMILES string of the molecule is CN(C)C1(CNS(=O)(=O)c2nnc(N)s2)CCCC1. The van der Waals surface area contributed by atoms with E-state index in [1.807, 2.05) is 14.1 Å². The van der Waals surface area contributed by atoms with Gasteiger partial charge in [0.1, 0.15) is 0 Å². The molecule has 0 aromatic carbocycles. The van der Waals surface area contributed by atoms with Crippen LogP contribution in [-0.2, 0) is 10.0 Å². The van der Waals surface area contributed by atoms with Gasteiger partial charge in [-0.05, 0) is 26.9 Å². The van der Waals surface area contributed by atoms with Crippen molar-refractivity contribution in [3.05, 3.63) is 0 Å². The van der Waals surface area contributed by atoms with Crippen molar-refractivity contribution in [1.29, 1.82) is 0 Å². The number of rotatable bonds is 5. The Morgan fingerprint density at radius 3 is 2.47 bits per heavy atom. The molecule has 0 amide bonds. The van der Waals surface area contributed by atoms with Crippen LogP contribution in [0, 0.1) is 0 Å². The van der Waals surface area contributed by atoms with E-state index in [2.05, 4.69) is 19.8 Å². The molecule has 1 aliphatic rings. The van der Waals surface area contributed by atoms with E-state index in [1.165, 1.54) is 0 Å². The average molecular weight is 305 g/mol. The van der Waals surface area contributed by atoms with Gasteiger partial charge in [-0.2, -0.15) is 0 Å². The van der Waals surface area contributed by atoms with E-state index < -0.39 is 10.0 Å². The molecular formula is C10H19N5O2S2. The summed E-state index contributed by atoms with van der Waals surface area (Å²) < 4.78 is 26.7. The smallest absolute Gasteiger partial charge is 0.269 e. The van der Waals surface area contributed by atoms with Gasteiger partial charge < -0.3 is 10.6 Å². The fraction of sp³-hybridized carbons (Fsp3) is 0.800. The summed E-state index contributed by atoms with van der Waals surface area (Å²) in [6, 6.07) is 0. The van der Waals surface area contributed by atoms with Crippen molar-refractivity contribution in [2.75, 3.05) is 26.4 Å². The number of nitrogens with one attached hydrogen (secondary N) is 1. The molecule has 1 heterocycles. The van der Waals surface area contributed by atoms with Gasteiger partial charge in [0.2, 0.25) is 9.47 Å². The Balaban J connectivity index is 2.09. The number of nitrogens with two attached hydrogens (primary N) is 1. The molecule has 1 saturated carbocycles. The lowest BCUT2D eigenvalue weighted by Gasteiger charge is -2.36. The van der Waals surface area contributed by atoms with Crippen molar-refractivity contribution in [2.24, 2.45) is 0 Å². The van der Waals surface area contributed by atoms with Crippen LogP contribution in [0.15, 0.2) is 4.34 Å². The number of aromatic nitrogens is 2. The molecule has 1 aromatic heterocycles. The van der Waals surface area contributed by atoms with E-state index in [9.17, 15) is 8.42 Å². The molecule has 19 heavy (non-hydrogen) atoms. The van der Waals surface area contributed by atoms with E-state index in [0.717, 1.165) is 37.0 Å². The van der Waals surface area contributed by atoms with E-state index in [4.69, 9.17) is 5.73 Å². The zero-order valence-electron chi connectivity index (χ0n) is 11.1. The molecule has 0 saturated heterocycles. The number of nitrogens with zero attached hydrogens (tertiary/aromatic N) is 3. The molecule has 7 nitrogen and oxygen atoms in total. The van der Waals surface area contributed by atoms with Crippen LogP contribution in [0.4, 0.5) is 5.13 Å². The standard InChI is InChI=1S/C10H19N5O2S2/c1-15(2)10(5-3-4-6-10)7-12-19(16,17)9-14-13-8(11)18-9/h12H,3-7H2,1-2H3,(H2,11,13). The molecule has 0 unspecified atom stereocenters. The minimum Gasteiger partial charge on any atom is -0.374 e. The van der Waals surface area contributed by atoms with Crippen LogP contribution in [0.2, 0.25) is 0 Å². The highest BCUT2D eigenvalue weighted by molar-refractivity contribution is 7.91. The van der Waals surface area contributed by atoms with E-state index >= 15 is 0 Å². The second kappa shape index (κ2) is 5.31. The monoisotopic (exact) mass is 305 g/mol. The van der Waals surface area contributed by atoms with Crippen molar-refractivity contribution in [3.63, 3.8) is 0 Å². The predicted octanol–water partition coefficient (Wildman–Crippen LogP) is 0.273. The predicted molar refractivity (Wildman–Crippen MR) is 74.4 cm³/mol. The summed E-state index contributed by atoms with van der Waals surface area (Å²) >= 11 is 0.876. The van der Waals surface area contributed by atoms with Gasteiger partial charge in [0.15, 0.2) is 0 Å². The number of sulfonamides is 1. The maximum absolute atomic E-state index is 12.1. The van der Waals surface area contributed by atoms with Gasteiger partial charge in [-0.1, -0.05) is 24.2 Å². The first-order valence-corrected chi connectivity index (χ1v) is 8.42. The molecule has 0 atom stereocenters. The second-order valence-corrected chi connectivity index (χ2v) is 8.01. The molecule has 0 bridgehead atoms. The minimum absolute atomic E-state index is 0.0723. The molecule has 1 fully saturated rings. The Labute approximate surface area is 117 Å². The zero-order valence-corrected chi connectivity index (χ0v) is 12.7. The fourth-order valence-electron chi connectivity index (χ4n) is 2.44. The first-order valence-electron chi connectivity index (χ1n) is 6.12. The Bertz CT molecular complexity index is 534. The summed E-state index contributed by atoms with van der Waals surface area (Å²) in [7, 11) is 0.367. The third kappa shape index (κ3) is 3.04. The Hall–Kier alpha value is -0.770. The Morgan fingerprint density at radius 2 is 2.00 bits per heavy atom. The number of likely N-dealkylation sites (N-methyl/N-ethyl adjacent to an activating group) is 1. The molecule has 0 aliphatic heterocycles. The van der Waals surface area contributed by atoms with E-state index in [1.54, 1.807) is 0 Å². The van der Waals surface area contributed by atoms with Gasteiger partial charge in [-0.25, -0.2) is 13.1 Å². The second-order valence-electron chi connectivity index (χ2n) is 5.06. The lowest BCUT2D eigenvalue weighted by atomic mass is 9.97. The van der Waals surface area contributed by atoms with Crippen LogP contribution in [0.1, 0.15) is 25.7 Å². The van der Waals surface area contributed by atoms with E-state index in [-0.39, 0.29) is 15.0 Å². The van der Waals surface area contributed by atoms with Crippen LogP contribution in [0.5, 0.6) is 0 Å². The summed E-state index contributed by atoms with van der Waals surface area (Å²) in [6.07, 6.45) is 4.26. The largest absolute Gasteiger partial charge is 0.374 e. The van der Waals surface area contributed by atoms with Gasteiger partial charge in [-0.3, -0.25) is 0 Å². The van der Waals surface area contributed by atoms with Crippen molar-refractivity contribution in [1.82, 2.24) is 19.8 Å². The van der Waals surface area contributed by atoms with Crippen LogP contribution >= 0.6 is 11.3 Å². The first-order chi connectivity index (χ1) is 8.86. The van der Waals surface area contributed by atoms with Crippen molar-refractivity contribution >= 4 is 26.5 Å². The van der Waals surface area contributed by atoms with Crippen LogP contribution < -0.4 is 10.5 Å². The zero-order chi connectivity index (χ0) is 14.1. The van der Waals surface area contributed by atoms with Gasteiger partial charge >= 0.3 is 0 Å².